The lowest BCUT2D eigenvalue weighted by atomic mass is 10.1. The monoisotopic (exact) mass is 288 g/mol. The Balaban J connectivity index is 1.76. The van der Waals surface area contributed by atoms with Crippen molar-refractivity contribution >= 4 is 0 Å². The van der Waals surface area contributed by atoms with E-state index in [0.717, 1.165) is 5.56 Å². The molecule has 0 aliphatic carbocycles. The third kappa shape index (κ3) is 3.07. The normalized spacial score (nSPS) is 10.9. The van der Waals surface area contributed by atoms with E-state index in [1.165, 1.54) is 16.7 Å². The molecule has 0 radical (unpaired) electrons. The molecule has 0 saturated heterocycles. The highest BCUT2D eigenvalue weighted by Gasteiger charge is 2.11. The first-order valence-corrected chi connectivity index (χ1v) is 6.49. The van der Waals surface area contributed by atoms with Gasteiger partial charge < -0.3 is 0 Å². The number of hydrogen-bond donors (Lipinski definition) is 0. The molecular formula is C14H13FN4O2. The molecule has 0 N–H and O–H groups in total. The second kappa shape index (κ2) is 5.74. The van der Waals surface area contributed by atoms with Gasteiger partial charge in [-0.25, -0.2) is 9.18 Å². The number of rotatable bonds is 5. The van der Waals surface area contributed by atoms with Crippen LogP contribution in [0.1, 0.15) is 11.4 Å². The van der Waals surface area contributed by atoms with Crippen molar-refractivity contribution in [1.29, 1.82) is 0 Å². The lowest BCUT2D eigenvalue weighted by Gasteiger charge is -2.05. The number of hydrogen-bond acceptors (Lipinski definition) is 4. The fourth-order valence-corrected chi connectivity index (χ4v) is 2.06. The third-order valence-corrected chi connectivity index (χ3v) is 3.15. The Morgan fingerprint density at radius 2 is 2.00 bits per heavy atom. The van der Waals surface area contributed by atoms with Gasteiger partial charge in [-0.2, -0.15) is 5.10 Å². The average Bonchev–Trinajstić information content (AvgIpc) is 3.10. The minimum absolute atomic E-state index is 0.296. The lowest BCUT2D eigenvalue weighted by Crippen LogP contribution is -2.20. The van der Waals surface area contributed by atoms with E-state index in [4.69, 9.17) is 4.52 Å². The number of halogens is 1. The van der Waals surface area contributed by atoms with Crippen molar-refractivity contribution in [2.45, 2.75) is 19.5 Å². The average molecular weight is 288 g/mol. The Bertz CT molecular complexity index is 759. The van der Waals surface area contributed by atoms with Gasteiger partial charge in [-0.1, -0.05) is 17.3 Å². The number of aryl methyl sites for hydroxylation is 1. The first-order valence-electron chi connectivity index (χ1n) is 6.49. The van der Waals surface area contributed by atoms with Crippen LogP contribution < -0.4 is 5.76 Å². The topological polar surface area (TPSA) is 65.8 Å². The molecule has 0 amide bonds. The standard InChI is InChI=1S/C14H13FN4O2/c15-12-4-2-11(3-5-12)10-13-17-21-14(20)19(13)9-8-18-7-1-6-16-18/h1-7H,8-10H2. The zero-order chi connectivity index (χ0) is 14.7. The van der Waals surface area contributed by atoms with Crippen molar-refractivity contribution < 1.29 is 8.91 Å². The lowest BCUT2D eigenvalue weighted by molar-refractivity contribution is 0.370. The highest BCUT2D eigenvalue weighted by molar-refractivity contribution is 5.19. The summed E-state index contributed by atoms with van der Waals surface area (Å²) in [5, 5.41) is 7.86. The predicted octanol–water partition coefficient (Wildman–Crippen LogP) is 1.46. The fourth-order valence-electron chi connectivity index (χ4n) is 2.06. The van der Waals surface area contributed by atoms with Crippen LogP contribution in [0.5, 0.6) is 0 Å². The fraction of sp³-hybridized carbons (Fsp3) is 0.214. The molecule has 0 aliphatic rings. The Kier molecular flexibility index (Phi) is 3.63. The summed E-state index contributed by atoms with van der Waals surface area (Å²) < 4.78 is 20.8. The summed E-state index contributed by atoms with van der Waals surface area (Å²) in [5.74, 6) is -0.284. The Hall–Kier alpha value is -2.70. The van der Waals surface area contributed by atoms with E-state index in [-0.39, 0.29) is 5.82 Å². The molecule has 0 saturated carbocycles. The first kappa shape index (κ1) is 13.3. The van der Waals surface area contributed by atoms with Gasteiger partial charge in [0.05, 0.1) is 13.1 Å². The highest BCUT2D eigenvalue weighted by atomic mass is 19.1. The van der Waals surface area contributed by atoms with Crippen molar-refractivity contribution in [3.8, 4) is 0 Å². The number of benzene rings is 1. The van der Waals surface area contributed by atoms with E-state index in [2.05, 4.69) is 10.3 Å². The molecule has 1 aromatic carbocycles. The van der Waals surface area contributed by atoms with Crippen molar-refractivity contribution in [3.63, 3.8) is 0 Å². The quantitative estimate of drug-likeness (QED) is 0.713. The molecule has 6 nitrogen and oxygen atoms in total. The van der Waals surface area contributed by atoms with Crippen LogP contribution in [0, 0.1) is 5.82 Å². The third-order valence-electron chi connectivity index (χ3n) is 3.15. The maximum absolute atomic E-state index is 12.9. The van der Waals surface area contributed by atoms with Crippen molar-refractivity contribution in [2.24, 2.45) is 0 Å². The molecule has 3 rings (SSSR count). The summed E-state index contributed by atoms with van der Waals surface area (Å²) in [5.41, 5.74) is 0.859. The van der Waals surface area contributed by atoms with Crippen molar-refractivity contribution in [3.05, 3.63) is 70.5 Å². The summed E-state index contributed by atoms with van der Waals surface area (Å²) in [6.07, 6.45) is 3.90. The summed E-state index contributed by atoms with van der Waals surface area (Å²) in [4.78, 5) is 11.7. The molecule has 0 fully saturated rings. The summed E-state index contributed by atoms with van der Waals surface area (Å²) in [6, 6.07) is 7.89. The molecule has 21 heavy (non-hydrogen) atoms. The number of aromatic nitrogens is 4. The Morgan fingerprint density at radius 1 is 1.19 bits per heavy atom. The molecular weight excluding hydrogens is 275 g/mol. The van der Waals surface area contributed by atoms with Crippen molar-refractivity contribution in [2.75, 3.05) is 0 Å². The van der Waals surface area contributed by atoms with Crippen LogP contribution >= 0.6 is 0 Å². The van der Waals surface area contributed by atoms with Gasteiger partial charge in [0, 0.05) is 18.8 Å². The largest absolute Gasteiger partial charge is 0.441 e. The maximum Gasteiger partial charge on any atom is 0.441 e. The smallest absolute Gasteiger partial charge is 0.296 e. The molecule has 3 aromatic rings. The van der Waals surface area contributed by atoms with Crippen molar-refractivity contribution in [1.82, 2.24) is 19.5 Å². The predicted molar refractivity (Wildman–Crippen MR) is 72.2 cm³/mol. The number of nitrogens with zero attached hydrogens (tertiary/aromatic N) is 4. The van der Waals surface area contributed by atoms with E-state index in [9.17, 15) is 9.18 Å². The van der Waals surface area contributed by atoms with Gasteiger partial charge in [0.2, 0.25) is 0 Å². The Morgan fingerprint density at radius 3 is 2.71 bits per heavy atom. The van der Waals surface area contributed by atoms with Crippen LogP contribution in [-0.2, 0) is 19.5 Å². The first-order chi connectivity index (χ1) is 10.2. The van der Waals surface area contributed by atoms with Crippen LogP contribution in [0.15, 0.2) is 52.0 Å². The molecule has 0 spiro atoms. The van der Waals surface area contributed by atoms with Gasteiger partial charge >= 0.3 is 5.76 Å². The van der Waals surface area contributed by atoms with Gasteiger partial charge in [0.1, 0.15) is 5.82 Å². The highest BCUT2D eigenvalue weighted by Crippen LogP contribution is 2.08. The summed E-state index contributed by atoms with van der Waals surface area (Å²) in [6.45, 7) is 0.963. The van der Waals surface area contributed by atoms with E-state index in [1.54, 1.807) is 23.0 Å². The molecule has 108 valence electrons. The van der Waals surface area contributed by atoms with Gasteiger partial charge in [0.15, 0.2) is 5.82 Å². The Labute approximate surface area is 119 Å². The van der Waals surface area contributed by atoms with Gasteiger partial charge in [-0.15, -0.1) is 0 Å². The second-order valence-corrected chi connectivity index (χ2v) is 4.59. The van der Waals surface area contributed by atoms with Gasteiger partial charge in [0.25, 0.3) is 0 Å². The minimum atomic E-state index is -0.501. The van der Waals surface area contributed by atoms with Crippen LogP contribution in [0.4, 0.5) is 4.39 Å². The van der Waals surface area contributed by atoms with Crippen LogP contribution in [0.3, 0.4) is 0 Å². The second-order valence-electron chi connectivity index (χ2n) is 4.59. The summed E-state index contributed by atoms with van der Waals surface area (Å²) >= 11 is 0. The molecule has 7 heteroatoms. The van der Waals surface area contributed by atoms with Gasteiger partial charge in [-0.05, 0) is 23.8 Å². The zero-order valence-electron chi connectivity index (χ0n) is 11.1. The molecule has 0 bridgehead atoms. The molecule has 2 aromatic heterocycles. The zero-order valence-corrected chi connectivity index (χ0v) is 11.1. The SMILES string of the molecule is O=c1onc(Cc2ccc(F)cc2)n1CCn1cccn1. The molecule has 0 unspecified atom stereocenters. The van der Waals surface area contributed by atoms with Crippen LogP contribution in [-0.4, -0.2) is 19.5 Å². The van der Waals surface area contributed by atoms with E-state index in [0.29, 0.717) is 25.3 Å². The summed E-state index contributed by atoms with van der Waals surface area (Å²) in [7, 11) is 0. The van der Waals surface area contributed by atoms with E-state index in [1.807, 2.05) is 12.3 Å². The maximum atomic E-state index is 12.9. The van der Waals surface area contributed by atoms with E-state index >= 15 is 0 Å². The minimum Gasteiger partial charge on any atom is -0.296 e. The molecule has 0 atom stereocenters. The van der Waals surface area contributed by atoms with Crippen LogP contribution in [0.2, 0.25) is 0 Å². The van der Waals surface area contributed by atoms with E-state index < -0.39 is 5.76 Å². The van der Waals surface area contributed by atoms with Crippen LogP contribution in [0.25, 0.3) is 0 Å². The molecule has 2 heterocycles. The van der Waals surface area contributed by atoms with Gasteiger partial charge in [-0.3, -0.25) is 13.8 Å². The molecule has 0 aliphatic heterocycles.